The fourth-order valence-electron chi connectivity index (χ4n) is 2.72. The van der Waals surface area contributed by atoms with Gasteiger partial charge < -0.3 is 15.2 Å². The lowest BCUT2D eigenvalue weighted by Gasteiger charge is -2.11. The highest BCUT2D eigenvalue weighted by atomic mass is 19.1. The van der Waals surface area contributed by atoms with E-state index in [1.54, 1.807) is 18.2 Å². The van der Waals surface area contributed by atoms with Crippen molar-refractivity contribution in [2.24, 2.45) is 0 Å². The molecule has 4 aromatic rings. The van der Waals surface area contributed by atoms with Crippen molar-refractivity contribution in [2.75, 3.05) is 12.8 Å². The Bertz CT molecular complexity index is 1130. The van der Waals surface area contributed by atoms with Gasteiger partial charge in [-0.05, 0) is 23.8 Å². The summed E-state index contributed by atoms with van der Waals surface area (Å²) < 4.78 is 25.6. The number of nitrogen functional groups attached to an aromatic ring is 1. The summed E-state index contributed by atoms with van der Waals surface area (Å²) in [7, 11) is 1.53. The van der Waals surface area contributed by atoms with E-state index < -0.39 is 5.82 Å². The van der Waals surface area contributed by atoms with Crippen molar-refractivity contribution in [3.05, 3.63) is 73.1 Å². The summed E-state index contributed by atoms with van der Waals surface area (Å²) in [6, 6.07) is 12.3. The number of halogens is 1. The lowest BCUT2D eigenvalue weighted by molar-refractivity contribution is 0.399. The Morgan fingerprint density at radius 3 is 2.34 bits per heavy atom. The van der Waals surface area contributed by atoms with E-state index in [9.17, 15) is 4.39 Å². The fourth-order valence-corrected chi connectivity index (χ4v) is 2.72. The van der Waals surface area contributed by atoms with Crippen LogP contribution in [0.3, 0.4) is 0 Å². The molecule has 0 bridgehead atoms. The minimum Gasteiger partial charge on any atom is -0.494 e. The number of nitrogens with zero attached hydrogens (tertiary/aromatic N) is 4. The molecule has 2 heterocycles. The summed E-state index contributed by atoms with van der Waals surface area (Å²) in [6.07, 6.45) is 5.84. The van der Waals surface area contributed by atoms with E-state index >= 15 is 0 Å². The molecule has 2 N–H and O–H groups in total. The molecule has 8 heteroatoms. The number of rotatable bonds is 5. The van der Waals surface area contributed by atoms with E-state index in [1.165, 1.54) is 38.0 Å². The van der Waals surface area contributed by atoms with Crippen molar-refractivity contribution in [3.8, 4) is 39.9 Å². The monoisotopic (exact) mass is 389 g/mol. The van der Waals surface area contributed by atoms with Gasteiger partial charge in [0.25, 0.3) is 0 Å². The smallest absolute Gasteiger partial charge is 0.322 e. The Balaban J connectivity index is 1.66. The quantitative estimate of drug-likeness (QED) is 0.548. The normalized spacial score (nSPS) is 10.6. The van der Waals surface area contributed by atoms with Gasteiger partial charge in [0.05, 0.1) is 37.6 Å². The molecule has 0 spiro atoms. The second-order valence-corrected chi connectivity index (χ2v) is 6.02. The van der Waals surface area contributed by atoms with E-state index in [-0.39, 0.29) is 11.8 Å². The summed E-state index contributed by atoms with van der Waals surface area (Å²) in [5.41, 5.74) is 7.61. The lowest BCUT2D eigenvalue weighted by Crippen LogP contribution is -1.96. The van der Waals surface area contributed by atoms with Gasteiger partial charge in [-0.1, -0.05) is 24.3 Å². The summed E-state index contributed by atoms with van der Waals surface area (Å²) >= 11 is 0. The zero-order valence-electron chi connectivity index (χ0n) is 15.4. The zero-order chi connectivity index (χ0) is 20.2. The number of anilines is 1. The van der Waals surface area contributed by atoms with Gasteiger partial charge in [0, 0.05) is 11.1 Å². The van der Waals surface area contributed by atoms with Gasteiger partial charge in [-0.25, -0.2) is 9.37 Å². The van der Waals surface area contributed by atoms with Crippen molar-refractivity contribution in [1.29, 1.82) is 0 Å². The molecule has 144 valence electrons. The highest BCUT2D eigenvalue weighted by molar-refractivity contribution is 5.73. The molecule has 0 saturated heterocycles. The average Bonchev–Trinajstić information content (AvgIpc) is 2.75. The maximum absolute atomic E-state index is 14.8. The molecule has 0 radical (unpaired) electrons. The van der Waals surface area contributed by atoms with Crippen LogP contribution in [0.2, 0.25) is 0 Å². The van der Waals surface area contributed by atoms with Gasteiger partial charge in [-0.15, -0.1) is 0 Å². The number of hydrogen-bond donors (Lipinski definition) is 1. The molecule has 0 fully saturated rings. The van der Waals surface area contributed by atoms with Crippen molar-refractivity contribution in [2.45, 2.75) is 0 Å². The maximum atomic E-state index is 14.8. The van der Waals surface area contributed by atoms with E-state index in [4.69, 9.17) is 15.2 Å². The third-order valence-corrected chi connectivity index (χ3v) is 4.16. The Hall–Kier alpha value is -4.07. The Morgan fingerprint density at radius 2 is 1.66 bits per heavy atom. The largest absolute Gasteiger partial charge is 0.494 e. The number of aromatic nitrogens is 4. The molecule has 7 nitrogen and oxygen atoms in total. The first-order chi connectivity index (χ1) is 14.1. The molecule has 0 aliphatic rings. The predicted molar refractivity (Wildman–Crippen MR) is 106 cm³/mol. The summed E-state index contributed by atoms with van der Waals surface area (Å²) in [6.45, 7) is 0. The topological polar surface area (TPSA) is 96.0 Å². The third kappa shape index (κ3) is 3.96. The van der Waals surface area contributed by atoms with Crippen LogP contribution in [-0.4, -0.2) is 27.0 Å². The standard InChI is InChI=1S/C21H16FN5O2/c1-28-14-9-26-21(27-10-14)29-19-5-3-2-4-15(19)13-6-7-16(17(22)8-13)18-11-25-20(23)12-24-18/h2-12H,1H3,(H2,23,25). The van der Waals surface area contributed by atoms with E-state index in [0.29, 0.717) is 33.9 Å². The van der Waals surface area contributed by atoms with Crippen molar-refractivity contribution < 1.29 is 13.9 Å². The maximum Gasteiger partial charge on any atom is 0.322 e. The van der Waals surface area contributed by atoms with Crippen molar-refractivity contribution in [3.63, 3.8) is 0 Å². The second-order valence-electron chi connectivity index (χ2n) is 6.02. The van der Waals surface area contributed by atoms with Crippen LogP contribution < -0.4 is 15.2 Å². The third-order valence-electron chi connectivity index (χ3n) is 4.16. The molecule has 2 aromatic carbocycles. The van der Waals surface area contributed by atoms with Crippen LogP contribution in [-0.2, 0) is 0 Å². The van der Waals surface area contributed by atoms with Gasteiger partial charge in [-0.3, -0.25) is 4.98 Å². The van der Waals surface area contributed by atoms with Crippen LogP contribution in [0.4, 0.5) is 10.2 Å². The summed E-state index contributed by atoms with van der Waals surface area (Å²) in [5, 5.41) is 0. The van der Waals surface area contributed by atoms with Gasteiger partial charge in [0.15, 0.2) is 5.75 Å². The Morgan fingerprint density at radius 1 is 0.862 bits per heavy atom. The van der Waals surface area contributed by atoms with Gasteiger partial charge in [0.1, 0.15) is 17.4 Å². The molecule has 0 unspecified atom stereocenters. The van der Waals surface area contributed by atoms with Crippen LogP contribution in [0.15, 0.2) is 67.3 Å². The first-order valence-electron chi connectivity index (χ1n) is 8.65. The predicted octanol–water partition coefficient (Wildman–Crippen LogP) is 4.12. The highest BCUT2D eigenvalue weighted by Crippen LogP contribution is 2.34. The molecule has 29 heavy (non-hydrogen) atoms. The number of para-hydroxylation sites is 1. The van der Waals surface area contributed by atoms with Gasteiger partial charge in [0.2, 0.25) is 0 Å². The molecule has 0 amide bonds. The molecule has 2 aromatic heterocycles. The summed E-state index contributed by atoms with van der Waals surface area (Å²) in [5.74, 6) is 0.862. The van der Waals surface area contributed by atoms with Crippen LogP contribution in [0, 0.1) is 5.82 Å². The lowest BCUT2D eigenvalue weighted by atomic mass is 10.0. The Kier molecular flexibility index (Phi) is 4.98. The van der Waals surface area contributed by atoms with Gasteiger partial charge in [-0.2, -0.15) is 9.97 Å². The Labute approximate surface area is 166 Å². The fraction of sp³-hybridized carbons (Fsp3) is 0.0476. The molecular weight excluding hydrogens is 373 g/mol. The molecule has 0 aliphatic heterocycles. The van der Waals surface area contributed by atoms with Crippen LogP contribution in [0.5, 0.6) is 17.5 Å². The number of benzene rings is 2. The number of nitrogens with two attached hydrogens (primary N) is 1. The van der Waals surface area contributed by atoms with Crippen molar-refractivity contribution >= 4 is 5.82 Å². The minimum atomic E-state index is -0.433. The van der Waals surface area contributed by atoms with E-state index in [1.807, 2.05) is 18.2 Å². The highest BCUT2D eigenvalue weighted by Gasteiger charge is 2.13. The van der Waals surface area contributed by atoms with Crippen molar-refractivity contribution in [1.82, 2.24) is 19.9 Å². The minimum absolute atomic E-state index is 0.160. The van der Waals surface area contributed by atoms with E-state index in [2.05, 4.69) is 19.9 Å². The zero-order valence-corrected chi connectivity index (χ0v) is 15.4. The first kappa shape index (κ1) is 18.3. The van der Waals surface area contributed by atoms with E-state index in [0.717, 1.165) is 0 Å². The van der Waals surface area contributed by atoms with Gasteiger partial charge >= 0.3 is 6.01 Å². The van der Waals surface area contributed by atoms with Crippen LogP contribution >= 0.6 is 0 Å². The van der Waals surface area contributed by atoms with Crippen LogP contribution in [0.1, 0.15) is 0 Å². The molecule has 4 rings (SSSR count). The SMILES string of the molecule is COc1cnc(Oc2ccccc2-c2ccc(-c3cnc(N)cn3)c(F)c2)nc1. The second kappa shape index (κ2) is 7.89. The molecule has 0 atom stereocenters. The summed E-state index contributed by atoms with van der Waals surface area (Å²) in [4.78, 5) is 16.3. The molecular formula is C21H16FN5O2. The number of hydrogen-bond acceptors (Lipinski definition) is 7. The molecule has 0 saturated carbocycles. The number of methoxy groups -OCH3 is 1. The first-order valence-corrected chi connectivity index (χ1v) is 8.65. The van der Waals surface area contributed by atoms with Crippen LogP contribution in [0.25, 0.3) is 22.4 Å². The average molecular weight is 389 g/mol. The number of ether oxygens (including phenoxy) is 2. The molecule has 0 aliphatic carbocycles.